The van der Waals surface area contributed by atoms with Crippen LogP contribution in [0, 0.1) is 5.92 Å². The minimum Gasteiger partial charge on any atom is -0.316 e. The van der Waals surface area contributed by atoms with Gasteiger partial charge in [-0.15, -0.1) is 0 Å². The molecule has 0 bridgehead atoms. The van der Waals surface area contributed by atoms with Gasteiger partial charge in [-0.2, -0.15) is 0 Å². The van der Waals surface area contributed by atoms with Gasteiger partial charge in [-0.3, -0.25) is 0 Å². The van der Waals surface area contributed by atoms with E-state index in [1.165, 1.54) is 18.4 Å². The first-order chi connectivity index (χ1) is 7.77. The highest BCUT2D eigenvalue weighted by molar-refractivity contribution is 5.18. The molecule has 0 saturated heterocycles. The molecule has 1 nitrogen and oxygen atoms in total. The van der Waals surface area contributed by atoms with E-state index in [1.54, 1.807) is 0 Å². The molecule has 1 rings (SSSR count). The predicted octanol–water partition coefficient (Wildman–Crippen LogP) is 3.82. The lowest BCUT2D eigenvalue weighted by Gasteiger charge is -2.17. The van der Waals surface area contributed by atoms with Crippen molar-refractivity contribution in [1.82, 2.24) is 5.32 Å². The molecular formula is C15H25N. The smallest absolute Gasteiger partial charge is 0.00176 e. The molecule has 0 spiro atoms. The third-order valence-corrected chi connectivity index (χ3v) is 3.41. The normalized spacial score (nSPS) is 13.0. The van der Waals surface area contributed by atoms with Crippen LogP contribution in [0.15, 0.2) is 30.3 Å². The van der Waals surface area contributed by atoms with E-state index >= 15 is 0 Å². The van der Waals surface area contributed by atoms with Gasteiger partial charge in [0.05, 0.1) is 0 Å². The Morgan fingerprint density at radius 3 is 2.19 bits per heavy atom. The zero-order valence-electron chi connectivity index (χ0n) is 10.9. The quantitative estimate of drug-likeness (QED) is 0.735. The van der Waals surface area contributed by atoms with Crippen LogP contribution >= 0.6 is 0 Å². The summed E-state index contributed by atoms with van der Waals surface area (Å²) < 4.78 is 0. The fourth-order valence-corrected chi connectivity index (χ4v) is 1.98. The Balaban J connectivity index is 2.28. The van der Waals surface area contributed by atoms with Crippen molar-refractivity contribution in [1.29, 1.82) is 0 Å². The molecule has 16 heavy (non-hydrogen) atoms. The van der Waals surface area contributed by atoms with E-state index in [4.69, 9.17) is 0 Å². The van der Waals surface area contributed by atoms with Crippen molar-refractivity contribution >= 4 is 0 Å². The maximum atomic E-state index is 3.59. The Labute approximate surface area is 100 Å². The van der Waals surface area contributed by atoms with Crippen molar-refractivity contribution in [2.75, 3.05) is 13.1 Å². The van der Waals surface area contributed by atoms with Gasteiger partial charge in [-0.25, -0.2) is 0 Å². The molecule has 1 aromatic rings. The highest BCUT2D eigenvalue weighted by Crippen LogP contribution is 2.13. The van der Waals surface area contributed by atoms with Crippen LogP contribution in [-0.4, -0.2) is 13.1 Å². The first-order valence-electron chi connectivity index (χ1n) is 6.53. The van der Waals surface area contributed by atoms with Crippen LogP contribution in [-0.2, 0) is 0 Å². The summed E-state index contributed by atoms with van der Waals surface area (Å²) in [6, 6.07) is 10.7. The van der Waals surface area contributed by atoms with Crippen LogP contribution in [0.2, 0.25) is 0 Å². The molecule has 90 valence electrons. The van der Waals surface area contributed by atoms with E-state index < -0.39 is 0 Å². The lowest BCUT2D eigenvalue weighted by Crippen LogP contribution is -2.26. The van der Waals surface area contributed by atoms with Gasteiger partial charge in [0.2, 0.25) is 0 Å². The highest BCUT2D eigenvalue weighted by atomic mass is 14.9. The molecule has 0 amide bonds. The Morgan fingerprint density at radius 2 is 1.62 bits per heavy atom. The van der Waals surface area contributed by atoms with Crippen LogP contribution in [0.1, 0.15) is 45.1 Å². The van der Waals surface area contributed by atoms with Gasteiger partial charge in [-0.05, 0) is 23.9 Å². The molecule has 1 N–H and O–H groups in total. The summed E-state index contributed by atoms with van der Waals surface area (Å²) in [7, 11) is 0. The first-order valence-corrected chi connectivity index (χ1v) is 6.53. The van der Waals surface area contributed by atoms with Crippen LogP contribution in [0.25, 0.3) is 0 Å². The zero-order chi connectivity index (χ0) is 11.8. The monoisotopic (exact) mass is 219 g/mol. The molecule has 0 aliphatic carbocycles. The van der Waals surface area contributed by atoms with E-state index in [0.717, 1.165) is 19.0 Å². The second kappa shape index (κ2) is 7.45. The molecule has 0 aliphatic heterocycles. The second-order valence-corrected chi connectivity index (χ2v) is 4.65. The summed E-state index contributed by atoms with van der Waals surface area (Å²) in [6.45, 7) is 9.08. The van der Waals surface area contributed by atoms with Crippen LogP contribution in [0.4, 0.5) is 0 Å². The van der Waals surface area contributed by atoms with E-state index in [2.05, 4.69) is 56.4 Å². The lowest BCUT2D eigenvalue weighted by molar-refractivity contribution is 0.442. The van der Waals surface area contributed by atoms with Gasteiger partial charge in [0.1, 0.15) is 0 Å². The number of hydrogen-bond donors (Lipinski definition) is 1. The number of nitrogens with one attached hydrogen (secondary N) is 1. The molecule has 1 unspecified atom stereocenters. The zero-order valence-corrected chi connectivity index (χ0v) is 10.9. The average molecular weight is 219 g/mol. The minimum absolute atomic E-state index is 0.607. The summed E-state index contributed by atoms with van der Waals surface area (Å²) in [5, 5.41) is 3.59. The van der Waals surface area contributed by atoms with Gasteiger partial charge in [0.15, 0.2) is 0 Å². The maximum Gasteiger partial charge on any atom is 0.00176 e. The van der Waals surface area contributed by atoms with E-state index in [0.29, 0.717) is 5.92 Å². The van der Waals surface area contributed by atoms with Gasteiger partial charge < -0.3 is 5.32 Å². The average Bonchev–Trinajstić information content (AvgIpc) is 2.35. The molecule has 0 heterocycles. The molecule has 0 aliphatic rings. The van der Waals surface area contributed by atoms with Gasteiger partial charge >= 0.3 is 0 Å². The van der Waals surface area contributed by atoms with E-state index in [-0.39, 0.29) is 0 Å². The van der Waals surface area contributed by atoms with Crippen molar-refractivity contribution < 1.29 is 0 Å². The van der Waals surface area contributed by atoms with Crippen molar-refractivity contribution in [2.24, 2.45) is 5.92 Å². The van der Waals surface area contributed by atoms with Crippen molar-refractivity contribution in [3.63, 3.8) is 0 Å². The third-order valence-electron chi connectivity index (χ3n) is 3.41. The van der Waals surface area contributed by atoms with Crippen molar-refractivity contribution in [3.8, 4) is 0 Å². The van der Waals surface area contributed by atoms with Gasteiger partial charge in [0.25, 0.3) is 0 Å². The van der Waals surface area contributed by atoms with Crippen LogP contribution in [0.5, 0.6) is 0 Å². The largest absolute Gasteiger partial charge is 0.316 e. The Kier molecular flexibility index (Phi) is 6.17. The van der Waals surface area contributed by atoms with E-state index in [9.17, 15) is 0 Å². The number of rotatable bonds is 7. The van der Waals surface area contributed by atoms with Crippen LogP contribution in [0.3, 0.4) is 0 Å². The first kappa shape index (κ1) is 13.2. The van der Waals surface area contributed by atoms with Crippen molar-refractivity contribution in [3.05, 3.63) is 35.9 Å². The minimum atomic E-state index is 0.607. The van der Waals surface area contributed by atoms with Gasteiger partial charge in [0, 0.05) is 6.54 Å². The summed E-state index contributed by atoms with van der Waals surface area (Å²) in [5.74, 6) is 1.44. The predicted molar refractivity (Wildman–Crippen MR) is 71.8 cm³/mol. The fraction of sp³-hybridized carbons (Fsp3) is 0.600. The molecule has 0 aromatic heterocycles. The Morgan fingerprint density at radius 1 is 1.00 bits per heavy atom. The molecule has 1 atom stereocenters. The molecule has 1 aromatic carbocycles. The Bertz CT molecular complexity index is 264. The molecule has 1 heteroatoms. The molecule has 0 saturated carbocycles. The molecular weight excluding hydrogens is 194 g/mol. The summed E-state index contributed by atoms with van der Waals surface area (Å²) in [6.07, 6.45) is 2.56. The highest BCUT2D eigenvalue weighted by Gasteiger charge is 2.06. The fourth-order valence-electron chi connectivity index (χ4n) is 1.98. The maximum absolute atomic E-state index is 3.59. The summed E-state index contributed by atoms with van der Waals surface area (Å²) >= 11 is 0. The Hall–Kier alpha value is -0.820. The number of hydrogen-bond acceptors (Lipinski definition) is 1. The van der Waals surface area contributed by atoms with Crippen LogP contribution < -0.4 is 5.32 Å². The topological polar surface area (TPSA) is 12.0 Å². The molecule has 0 fully saturated rings. The standard InChI is InChI=1S/C15H25N/c1-4-14(5-2)12-16-11-13(3)15-9-7-6-8-10-15/h6-10,13-14,16H,4-5,11-12H2,1-3H3. The van der Waals surface area contributed by atoms with Gasteiger partial charge in [-0.1, -0.05) is 63.9 Å². The third kappa shape index (κ3) is 4.36. The summed E-state index contributed by atoms with van der Waals surface area (Å²) in [5.41, 5.74) is 1.43. The van der Waals surface area contributed by atoms with E-state index in [1.807, 2.05) is 0 Å². The molecule has 0 radical (unpaired) electrons. The lowest BCUT2D eigenvalue weighted by atomic mass is 10.00. The van der Waals surface area contributed by atoms with Crippen molar-refractivity contribution in [2.45, 2.75) is 39.5 Å². The SMILES string of the molecule is CCC(CC)CNCC(C)c1ccccc1. The number of benzene rings is 1. The summed E-state index contributed by atoms with van der Waals surface area (Å²) in [4.78, 5) is 0. The second-order valence-electron chi connectivity index (χ2n) is 4.65.